The van der Waals surface area contributed by atoms with Gasteiger partial charge in [-0.2, -0.15) is 0 Å². The smallest absolute Gasteiger partial charge is 0.152 e. The summed E-state index contributed by atoms with van der Waals surface area (Å²) in [5.41, 5.74) is 7.61. The molecule has 0 aliphatic heterocycles. The minimum atomic E-state index is -0.748. The summed E-state index contributed by atoms with van der Waals surface area (Å²) in [6.07, 6.45) is 3.68. The Morgan fingerprint density at radius 3 is 2.16 bits per heavy atom. The molecule has 0 spiro atoms. The van der Waals surface area contributed by atoms with E-state index in [4.69, 9.17) is 28.9 Å². The van der Waals surface area contributed by atoms with Gasteiger partial charge in [-0.3, -0.25) is 9.97 Å². The Labute approximate surface area is 153 Å². The molecule has 2 heterocycles. The van der Waals surface area contributed by atoms with Crippen LogP contribution in [0.3, 0.4) is 0 Å². The largest absolute Gasteiger partial charge is 0.322 e. The molecule has 7 heteroatoms. The van der Waals surface area contributed by atoms with E-state index in [9.17, 15) is 8.78 Å². The van der Waals surface area contributed by atoms with Crippen LogP contribution in [0.2, 0.25) is 10.0 Å². The molecule has 0 fully saturated rings. The molecule has 0 aliphatic carbocycles. The Morgan fingerprint density at radius 1 is 0.960 bits per heavy atom. The van der Waals surface area contributed by atoms with Gasteiger partial charge in [-0.25, -0.2) is 8.78 Å². The first-order valence-corrected chi connectivity index (χ1v) is 8.16. The van der Waals surface area contributed by atoms with Crippen molar-refractivity contribution in [2.75, 3.05) is 0 Å². The standard InChI is InChI=1S/C18H13Cl2F2N3/c19-12-2-1-3-13(20)11(12)6-16(23)17-5-4-10(7-25-17)18-14(21)8-24-9-15(18)22/h1-5,7-9,16H,6,23H2. The molecule has 0 aliphatic rings. The summed E-state index contributed by atoms with van der Waals surface area (Å²) in [5.74, 6) is -1.50. The second-order valence-corrected chi connectivity index (χ2v) is 6.28. The number of benzene rings is 1. The highest BCUT2D eigenvalue weighted by atomic mass is 35.5. The molecule has 0 radical (unpaired) electrons. The number of pyridine rings is 2. The molecule has 1 unspecified atom stereocenters. The van der Waals surface area contributed by atoms with Gasteiger partial charge < -0.3 is 5.73 Å². The van der Waals surface area contributed by atoms with Crippen LogP contribution in [-0.4, -0.2) is 9.97 Å². The van der Waals surface area contributed by atoms with Gasteiger partial charge in [-0.1, -0.05) is 35.3 Å². The number of nitrogens with two attached hydrogens (primary N) is 1. The Kier molecular flexibility index (Phi) is 5.27. The van der Waals surface area contributed by atoms with Crippen molar-refractivity contribution in [1.82, 2.24) is 9.97 Å². The van der Waals surface area contributed by atoms with Crippen LogP contribution in [0.5, 0.6) is 0 Å². The van der Waals surface area contributed by atoms with Crippen LogP contribution in [0.1, 0.15) is 17.3 Å². The van der Waals surface area contributed by atoms with Gasteiger partial charge in [0.1, 0.15) is 0 Å². The van der Waals surface area contributed by atoms with Crippen LogP contribution in [-0.2, 0) is 6.42 Å². The van der Waals surface area contributed by atoms with Gasteiger partial charge in [-0.05, 0) is 30.2 Å². The van der Waals surface area contributed by atoms with Gasteiger partial charge >= 0.3 is 0 Å². The highest BCUT2D eigenvalue weighted by molar-refractivity contribution is 6.36. The molecule has 1 atom stereocenters. The Morgan fingerprint density at radius 2 is 1.60 bits per heavy atom. The molecular weight excluding hydrogens is 367 g/mol. The third-order valence-corrected chi connectivity index (χ3v) is 4.50. The number of hydrogen-bond donors (Lipinski definition) is 1. The van der Waals surface area contributed by atoms with E-state index in [1.54, 1.807) is 30.3 Å². The molecule has 0 amide bonds. The molecule has 1 aromatic carbocycles. The van der Waals surface area contributed by atoms with Crippen molar-refractivity contribution < 1.29 is 8.78 Å². The van der Waals surface area contributed by atoms with Gasteiger partial charge in [0.25, 0.3) is 0 Å². The van der Waals surface area contributed by atoms with Gasteiger partial charge in [0.2, 0.25) is 0 Å². The monoisotopic (exact) mass is 379 g/mol. The Balaban J connectivity index is 1.85. The van der Waals surface area contributed by atoms with E-state index < -0.39 is 17.7 Å². The summed E-state index contributed by atoms with van der Waals surface area (Å²) in [7, 11) is 0. The number of hydrogen-bond acceptors (Lipinski definition) is 3. The average molecular weight is 380 g/mol. The van der Waals surface area contributed by atoms with Gasteiger partial charge in [0.15, 0.2) is 11.6 Å². The molecule has 128 valence electrons. The third kappa shape index (κ3) is 3.79. The number of nitrogens with zero attached hydrogens (tertiary/aromatic N) is 2. The van der Waals surface area contributed by atoms with Crippen molar-refractivity contribution in [3.8, 4) is 11.1 Å². The molecule has 0 saturated carbocycles. The topological polar surface area (TPSA) is 51.8 Å². The van der Waals surface area contributed by atoms with Gasteiger partial charge in [0.05, 0.1) is 29.7 Å². The van der Waals surface area contributed by atoms with Crippen LogP contribution in [0.15, 0.2) is 48.9 Å². The average Bonchev–Trinajstić information content (AvgIpc) is 2.58. The maximum atomic E-state index is 13.8. The van der Waals surface area contributed by atoms with Crippen molar-refractivity contribution in [1.29, 1.82) is 0 Å². The van der Waals surface area contributed by atoms with Crippen LogP contribution >= 0.6 is 23.2 Å². The molecule has 3 aromatic rings. The fourth-order valence-corrected chi connectivity index (χ4v) is 3.06. The number of halogens is 4. The summed E-state index contributed by atoms with van der Waals surface area (Å²) >= 11 is 12.3. The van der Waals surface area contributed by atoms with E-state index in [2.05, 4.69) is 9.97 Å². The lowest BCUT2D eigenvalue weighted by Gasteiger charge is -2.14. The quantitative estimate of drug-likeness (QED) is 0.695. The van der Waals surface area contributed by atoms with E-state index >= 15 is 0 Å². The van der Waals surface area contributed by atoms with E-state index in [0.29, 0.717) is 27.7 Å². The van der Waals surface area contributed by atoms with Crippen molar-refractivity contribution in [2.45, 2.75) is 12.5 Å². The molecule has 3 rings (SSSR count). The zero-order valence-electron chi connectivity index (χ0n) is 12.9. The summed E-state index contributed by atoms with van der Waals surface area (Å²) in [4.78, 5) is 7.69. The van der Waals surface area contributed by atoms with E-state index in [1.165, 1.54) is 6.20 Å². The molecule has 3 nitrogen and oxygen atoms in total. The van der Waals surface area contributed by atoms with Crippen molar-refractivity contribution >= 4 is 23.2 Å². The lowest BCUT2D eigenvalue weighted by molar-refractivity contribution is 0.579. The fraction of sp³-hybridized carbons (Fsp3) is 0.111. The van der Waals surface area contributed by atoms with E-state index in [-0.39, 0.29) is 5.56 Å². The van der Waals surface area contributed by atoms with Crippen LogP contribution < -0.4 is 5.73 Å². The zero-order valence-corrected chi connectivity index (χ0v) is 14.4. The second kappa shape index (κ2) is 7.44. The van der Waals surface area contributed by atoms with Crippen LogP contribution in [0.4, 0.5) is 8.78 Å². The van der Waals surface area contributed by atoms with Crippen molar-refractivity contribution in [3.63, 3.8) is 0 Å². The van der Waals surface area contributed by atoms with Crippen LogP contribution in [0.25, 0.3) is 11.1 Å². The van der Waals surface area contributed by atoms with Crippen LogP contribution in [0, 0.1) is 11.6 Å². The Bertz CT molecular complexity index is 861. The van der Waals surface area contributed by atoms with Gasteiger partial charge in [0, 0.05) is 21.8 Å². The molecule has 0 bridgehead atoms. The summed E-state index contributed by atoms with van der Waals surface area (Å²) in [5, 5.41) is 1.06. The summed E-state index contributed by atoms with van der Waals surface area (Å²) < 4.78 is 27.6. The number of aromatic nitrogens is 2. The van der Waals surface area contributed by atoms with E-state index in [1.807, 2.05) is 0 Å². The maximum absolute atomic E-state index is 13.8. The Hall–Kier alpha value is -2.08. The van der Waals surface area contributed by atoms with Crippen molar-refractivity contribution in [2.24, 2.45) is 5.73 Å². The molecule has 2 N–H and O–H groups in total. The first-order chi connectivity index (χ1) is 12.0. The first kappa shape index (κ1) is 17.7. The predicted octanol–water partition coefficient (Wildman–Crippen LogP) is 4.97. The molecule has 25 heavy (non-hydrogen) atoms. The minimum absolute atomic E-state index is 0.170. The van der Waals surface area contributed by atoms with Gasteiger partial charge in [-0.15, -0.1) is 0 Å². The maximum Gasteiger partial charge on any atom is 0.152 e. The second-order valence-electron chi connectivity index (χ2n) is 5.46. The lowest BCUT2D eigenvalue weighted by Crippen LogP contribution is -2.15. The lowest BCUT2D eigenvalue weighted by atomic mass is 10.0. The molecule has 0 saturated heterocycles. The summed E-state index contributed by atoms with van der Waals surface area (Å²) in [6, 6.07) is 7.97. The number of rotatable bonds is 4. The molecule has 2 aromatic heterocycles. The van der Waals surface area contributed by atoms with Crippen molar-refractivity contribution in [3.05, 3.63) is 81.9 Å². The SMILES string of the molecule is NC(Cc1c(Cl)cccc1Cl)c1ccc(-c2c(F)cncc2F)cn1. The highest BCUT2D eigenvalue weighted by Crippen LogP contribution is 2.29. The first-order valence-electron chi connectivity index (χ1n) is 7.41. The fourth-order valence-electron chi connectivity index (χ4n) is 2.51. The summed E-state index contributed by atoms with van der Waals surface area (Å²) in [6.45, 7) is 0. The highest BCUT2D eigenvalue weighted by Gasteiger charge is 2.16. The predicted molar refractivity (Wildman–Crippen MR) is 94.5 cm³/mol. The normalized spacial score (nSPS) is 12.2. The third-order valence-electron chi connectivity index (χ3n) is 3.79. The minimum Gasteiger partial charge on any atom is -0.322 e. The zero-order chi connectivity index (χ0) is 18.0. The molecular formula is C18H13Cl2F2N3. The van der Waals surface area contributed by atoms with E-state index in [0.717, 1.165) is 18.0 Å².